The van der Waals surface area contributed by atoms with E-state index >= 15 is 0 Å². The number of carboxylic acids is 2. The summed E-state index contributed by atoms with van der Waals surface area (Å²) in [6.45, 7) is 6.08. The van der Waals surface area contributed by atoms with Crippen LogP contribution in [-0.2, 0) is 89.8 Å². The Hall–Kier alpha value is -9.47. The fourth-order valence-electron chi connectivity index (χ4n) is 11.6. The molecular formula is C67H93N14O18S2-. The molecule has 0 unspecified atom stereocenters. The molecule has 0 radical (unpaired) electrons. The van der Waals surface area contributed by atoms with Gasteiger partial charge in [-0.05, 0) is 92.7 Å². The minimum absolute atomic E-state index is 0.0265. The number of nitrogens with two attached hydrogens (primary N) is 2. The van der Waals surface area contributed by atoms with Crippen LogP contribution in [0.15, 0.2) is 48.7 Å². The van der Waals surface area contributed by atoms with Crippen LogP contribution in [0.3, 0.4) is 0 Å². The smallest absolute Gasteiger partial charge is 0.303 e. The van der Waals surface area contributed by atoms with Crippen molar-refractivity contribution in [3.63, 3.8) is 0 Å². The summed E-state index contributed by atoms with van der Waals surface area (Å²) < 4.78 is 6.25. The molecule has 3 aromatic rings. The quantitative estimate of drug-likeness (QED) is 0.0808. The zero-order chi connectivity index (χ0) is 73.9. The Kier molecular flexibility index (Phi) is 32.0. The summed E-state index contributed by atoms with van der Waals surface area (Å²) in [6, 6.07) is -2.99. The number of rotatable bonds is 15. The molecule has 101 heavy (non-hydrogen) atoms. The number of carbonyl (C=O) groups excluding carboxylic acids is 14. The second-order valence-corrected chi connectivity index (χ2v) is 27.6. The Morgan fingerprint density at radius 2 is 1.27 bits per heavy atom. The maximum Gasteiger partial charge on any atom is 0.303 e. The highest BCUT2D eigenvalue weighted by molar-refractivity contribution is 7.98. The van der Waals surface area contributed by atoms with Gasteiger partial charge in [0.15, 0.2) is 0 Å². The lowest BCUT2D eigenvalue weighted by Gasteiger charge is -2.31. The first kappa shape index (κ1) is 80.5. The van der Waals surface area contributed by atoms with E-state index in [-0.39, 0.29) is 67.8 Å². The van der Waals surface area contributed by atoms with E-state index in [1.54, 1.807) is 49.5 Å². The fourth-order valence-corrected chi connectivity index (χ4v) is 13.6. The number of hydrogen-bond donors (Lipinski definition) is 14. The van der Waals surface area contributed by atoms with E-state index in [4.69, 9.17) is 16.2 Å². The predicted octanol–water partition coefficient (Wildman–Crippen LogP) is -1.67. The Labute approximate surface area is 592 Å². The molecule has 4 heterocycles. The molecular weight excluding hydrogens is 1350 g/mol. The van der Waals surface area contributed by atoms with Crippen LogP contribution in [0, 0.1) is 5.92 Å². The lowest BCUT2D eigenvalue weighted by Crippen LogP contribution is -2.62. The maximum atomic E-state index is 15.0. The highest BCUT2D eigenvalue weighted by Crippen LogP contribution is 2.28. The van der Waals surface area contributed by atoms with Crippen molar-refractivity contribution in [3.05, 3.63) is 65.4 Å². The monoisotopic (exact) mass is 1450 g/mol. The van der Waals surface area contributed by atoms with Crippen molar-refractivity contribution in [1.29, 1.82) is 0 Å². The van der Waals surface area contributed by atoms with Gasteiger partial charge in [-0.3, -0.25) is 67.1 Å². The molecule has 6 rings (SSSR count). The van der Waals surface area contributed by atoms with Gasteiger partial charge in [0.2, 0.25) is 76.8 Å². The van der Waals surface area contributed by atoms with Gasteiger partial charge in [0.05, 0.1) is 13.2 Å². The standard InChI is InChI=1S/C67H94N14O18S2/c1-5-6-15-44-60(91)76-48(29-56(87)88)64(95)80-57(36(2)3)66(97)77-47(28-40-30-70-43-16-11-10-14-42(40)43)63(94)74-45(19-21-52(68)82)61(92)73-46(20-22-55(85)86)62(93)78-49(58(69)89)34-100-32-38-25-39-27-41(26-38)99-24-12-8-7-9-18-53(83)71-31-54(84)72-37(4)59(90)79-50(35-101-33-39)67(98)81-23-13-17-51(81)65(96)75-44/h10-11,14,16,25-27,30,36-37,44-51,57,70H,5-9,12-13,15,17-24,28-29,31-35H2,1-4H3,(H2,68,82)(H2,69,89)(H,71,83)(H,72,84)(H,73,92)(H,74,94)(H,75,96)(H,76,91)(H,77,97)(H,78,93)(H,79,90)(H,80,95)(H,85,86)(H,87,88)/p-1/t37-,44-,45-,46-,47-,48-,49-,50-,51-,57-/m0/s1. The number of ether oxygens (including phenoxy) is 1. The number of nitrogens with one attached hydrogen (secondary N) is 11. The number of nitrogens with zero attached hydrogens (tertiary/aromatic N) is 1. The van der Waals surface area contributed by atoms with Gasteiger partial charge in [0.1, 0.15) is 66.2 Å². The molecule has 4 bridgehead atoms. The molecule has 3 aliphatic rings. The topological polar surface area (TPSA) is 500 Å². The number of primary amides is 2. The molecule has 552 valence electrons. The molecule has 1 fully saturated rings. The lowest BCUT2D eigenvalue weighted by atomic mass is 9.99. The van der Waals surface area contributed by atoms with E-state index in [0.717, 1.165) is 11.8 Å². The molecule has 1 saturated heterocycles. The normalized spacial score (nSPS) is 24.8. The Bertz CT molecular complexity index is 3500. The first-order chi connectivity index (χ1) is 48.1. The van der Waals surface area contributed by atoms with Crippen molar-refractivity contribution >= 4 is 123 Å². The van der Waals surface area contributed by atoms with Gasteiger partial charge in [0, 0.05) is 84.7 Å². The van der Waals surface area contributed by atoms with Gasteiger partial charge in [-0.15, -0.1) is 0 Å². The van der Waals surface area contributed by atoms with Crippen LogP contribution in [0.2, 0.25) is 0 Å². The zero-order valence-electron chi connectivity index (χ0n) is 57.0. The summed E-state index contributed by atoms with van der Waals surface area (Å²) in [6.07, 6.45) is 1.62. The van der Waals surface area contributed by atoms with E-state index < -0.39 is 188 Å². The number of thioether (sulfide) groups is 2. The fraction of sp³-hybridized carbons (Fsp3) is 0.567. The molecule has 34 heteroatoms. The Morgan fingerprint density at radius 1 is 0.663 bits per heavy atom. The molecule has 2 aromatic carbocycles. The number of benzene rings is 2. The van der Waals surface area contributed by atoms with Crippen molar-refractivity contribution < 1.29 is 86.9 Å². The highest BCUT2D eigenvalue weighted by Gasteiger charge is 2.41. The number of aliphatic carboxylic acids is 2. The summed E-state index contributed by atoms with van der Waals surface area (Å²) in [5.74, 6) is -15.2. The molecule has 3 aliphatic heterocycles. The van der Waals surface area contributed by atoms with Gasteiger partial charge in [0.25, 0.3) is 0 Å². The highest BCUT2D eigenvalue weighted by atomic mass is 32.2. The molecule has 0 aliphatic carbocycles. The van der Waals surface area contributed by atoms with E-state index in [1.807, 2.05) is 6.07 Å². The number of hydrogen-bond acceptors (Lipinski definition) is 19. The van der Waals surface area contributed by atoms with Crippen LogP contribution in [0.1, 0.15) is 141 Å². The Balaban J connectivity index is 1.42. The lowest BCUT2D eigenvalue weighted by molar-refractivity contribution is -0.306. The van der Waals surface area contributed by atoms with Crippen LogP contribution in [0.25, 0.3) is 10.9 Å². The molecule has 10 atom stereocenters. The van der Waals surface area contributed by atoms with Crippen molar-refractivity contribution in [2.75, 3.05) is 31.2 Å². The van der Waals surface area contributed by atoms with Crippen molar-refractivity contribution in [2.45, 2.75) is 202 Å². The predicted molar refractivity (Wildman–Crippen MR) is 369 cm³/mol. The minimum atomic E-state index is -1.96. The molecule has 0 saturated carbocycles. The van der Waals surface area contributed by atoms with Crippen LogP contribution in [0.4, 0.5) is 0 Å². The second-order valence-electron chi connectivity index (χ2n) is 25.6. The summed E-state index contributed by atoms with van der Waals surface area (Å²) >= 11 is 2.38. The number of aromatic amines is 1. The van der Waals surface area contributed by atoms with Gasteiger partial charge in [-0.25, -0.2) is 0 Å². The number of carboxylic acid groups (broad SMARTS) is 2. The summed E-state index contributed by atoms with van der Waals surface area (Å²) in [7, 11) is 0. The second kappa shape index (κ2) is 40.1. The maximum absolute atomic E-state index is 15.0. The molecule has 1 aromatic heterocycles. The number of unbranched alkanes of at least 4 members (excludes halogenated alkanes) is 1. The molecule has 32 nitrogen and oxygen atoms in total. The van der Waals surface area contributed by atoms with E-state index in [2.05, 4.69) is 58.2 Å². The largest absolute Gasteiger partial charge is 0.550 e. The molecule has 16 N–H and O–H groups in total. The average Bonchev–Trinajstić information content (AvgIpc) is 1.75. The zero-order valence-corrected chi connectivity index (χ0v) is 58.7. The first-order valence-corrected chi connectivity index (χ1v) is 36.2. The number of amides is 13. The van der Waals surface area contributed by atoms with Crippen molar-refractivity contribution in [3.8, 4) is 5.75 Å². The first-order valence-electron chi connectivity index (χ1n) is 33.9. The summed E-state index contributed by atoms with van der Waals surface area (Å²) in [4.78, 5) is 211. The van der Waals surface area contributed by atoms with Gasteiger partial charge in [-0.1, -0.05) is 70.7 Å². The van der Waals surface area contributed by atoms with Crippen molar-refractivity contribution in [2.24, 2.45) is 17.4 Å². The third-order valence-electron chi connectivity index (χ3n) is 17.1. The Morgan fingerprint density at radius 3 is 1.92 bits per heavy atom. The van der Waals surface area contributed by atoms with Crippen LogP contribution in [0.5, 0.6) is 5.75 Å². The van der Waals surface area contributed by atoms with E-state index in [9.17, 15) is 82.1 Å². The molecule has 13 amide bonds. The number of carbonyl (C=O) groups is 15. The third-order valence-corrected chi connectivity index (χ3v) is 19.3. The van der Waals surface area contributed by atoms with Crippen LogP contribution >= 0.6 is 23.5 Å². The van der Waals surface area contributed by atoms with Gasteiger partial charge in [-0.2, -0.15) is 23.5 Å². The number of para-hydroxylation sites is 1. The third kappa shape index (κ3) is 25.9. The van der Waals surface area contributed by atoms with Crippen LogP contribution in [-0.4, -0.2) is 195 Å². The average molecular weight is 1450 g/mol. The van der Waals surface area contributed by atoms with Gasteiger partial charge < -0.3 is 94.3 Å². The van der Waals surface area contributed by atoms with Crippen molar-refractivity contribution in [1.82, 2.24) is 63.1 Å². The summed E-state index contributed by atoms with van der Waals surface area (Å²) in [5.41, 5.74) is 13.8. The van der Waals surface area contributed by atoms with Gasteiger partial charge >= 0.3 is 5.97 Å². The minimum Gasteiger partial charge on any atom is -0.550 e. The number of H-pyrrole nitrogens is 1. The van der Waals surface area contributed by atoms with Crippen LogP contribution < -0.4 is 74.5 Å². The van der Waals surface area contributed by atoms with E-state index in [1.165, 1.54) is 37.4 Å². The summed E-state index contributed by atoms with van der Waals surface area (Å²) in [5, 5.41) is 48.3. The number of aromatic nitrogens is 1. The SMILES string of the molecule is CCCC[C@@H]1NC(=O)[C@@H]2CCCN2C(=O)[C@@H]2CSCc3cc(cc(c3)OCCCCCCC(=O)NCC(=O)N[C@@H](C)C(=O)N2)CSC[C@@H](C(N)=O)NC(=O)[C@H](CCC(=O)O)NC(=O)[C@H](CCC(N)=O)NC(=O)[C@H](Cc2c[nH]c3ccccc23)NC(=O)[C@H](C(C)C)NC(=O)[C@H](CC(=O)[O-])NC1=O. The number of fused-ring (bicyclic) bond motifs is 7. The van der Waals surface area contributed by atoms with E-state index in [0.29, 0.717) is 78.3 Å². The molecule has 0 spiro atoms.